The molecule has 1 aliphatic rings. The molecule has 100 valence electrons. The topological polar surface area (TPSA) is 29.3 Å². The molecule has 3 heteroatoms. The molecule has 0 aromatic heterocycles. The second-order valence-corrected chi connectivity index (χ2v) is 5.45. The first-order valence-electron chi connectivity index (χ1n) is 6.98. The van der Waals surface area contributed by atoms with Crippen LogP contribution in [-0.4, -0.2) is 24.0 Å². The van der Waals surface area contributed by atoms with Gasteiger partial charge >= 0.3 is 0 Å². The van der Waals surface area contributed by atoms with Crippen molar-refractivity contribution in [2.24, 2.45) is 5.73 Å². The fourth-order valence-electron chi connectivity index (χ4n) is 3.16. The van der Waals surface area contributed by atoms with Crippen LogP contribution in [-0.2, 0) is 0 Å². The molecule has 1 unspecified atom stereocenters. The lowest BCUT2D eigenvalue weighted by Crippen LogP contribution is -2.40. The minimum atomic E-state index is 0.256. The van der Waals surface area contributed by atoms with Crippen LogP contribution >= 0.6 is 11.6 Å². The molecule has 2 nitrogen and oxygen atoms in total. The molecular weight excluding hydrogens is 244 g/mol. The van der Waals surface area contributed by atoms with E-state index in [-0.39, 0.29) is 6.04 Å². The summed E-state index contributed by atoms with van der Waals surface area (Å²) >= 11 is 6.32. The smallest absolute Gasteiger partial charge is 0.0488 e. The Balaban J connectivity index is 2.23. The molecule has 1 fully saturated rings. The molecule has 1 aliphatic carbocycles. The standard InChI is InChI=1S/C15H23ClN2/c1-2-18(12-7-3-4-8-12)15(11-17)13-9-5-6-10-14(13)16/h5-6,9-10,12,15H,2-4,7-8,11,17H2,1H3. The van der Waals surface area contributed by atoms with Gasteiger partial charge in [0, 0.05) is 23.7 Å². The van der Waals surface area contributed by atoms with E-state index in [1.807, 2.05) is 18.2 Å². The summed E-state index contributed by atoms with van der Waals surface area (Å²) in [7, 11) is 0. The Kier molecular flexibility index (Phi) is 5.04. The van der Waals surface area contributed by atoms with E-state index in [0.29, 0.717) is 12.6 Å². The number of nitrogens with two attached hydrogens (primary N) is 1. The largest absolute Gasteiger partial charge is 0.329 e. The van der Waals surface area contributed by atoms with Gasteiger partial charge in [0.2, 0.25) is 0 Å². The van der Waals surface area contributed by atoms with Gasteiger partial charge in [0.15, 0.2) is 0 Å². The van der Waals surface area contributed by atoms with Gasteiger partial charge in [0.05, 0.1) is 0 Å². The van der Waals surface area contributed by atoms with Gasteiger partial charge in [-0.3, -0.25) is 4.90 Å². The Morgan fingerprint density at radius 3 is 2.56 bits per heavy atom. The number of benzene rings is 1. The zero-order valence-electron chi connectivity index (χ0n) is 11.1. The van der Waals surface area contributed by atoms with E-state index in [4.69, 9.17) is 17.3 Å². The van der Waals surface area contributed by atoms with Crippen LogP contribution in [0.15, 0.2) is 24.3 Å². The van der Waals surface area contributed by atoms with Gasteiger partial charge in [-0.1, -0.05) is 49.6 Å². The van der Waals surface area contributed by atoms with Crippen molar-refractivity contribution in [1.29, 1.82) is 0 Å². The quantitative estimate of drug-likeness (QED) is 0.882. The lowest BCUT2D eigenvalue weighted by molar-refractivity contribution is 0.147. The van der Waals surface area contributed by atoms with Crippen LogP contribution in [0.4, 0.5) is 0 Å². The van der Waals surface area contributed by atoms with Crippen molar-refractivity contribution in [2.75, 3.05) is 13.1 Å². The summed E-state index contributed by atoms with van der Waals surface area (Å²) in [5.41, 5.74) is 7.19. The third-order valence-corrected chi connectivity index (χ3v) is 4.39. The SMILES string of the molecule is CCN(C1CCCC1)C(CN)c1ccccc1Cl. The molecule has 0 spiro atoms. The number of hydrogen-bond donors (Lipinski definition) is 1. The van der Waals surface area contributed by atoms with Crippen LogP contribution in [0.5, 0.6) is 0 Å². The summed E-state index contributed by atoms with van der Waals surface area (Å²) < 4.78 is 0. The molecule has 0 bridgehead atoms. The summed E-state index contributed by atoms with van der Waals surface area (Å²) in [4.78, 5) is 2.54. The van der Waals surface area contributed by atoms with E-state index in [9.17, 15) is 0 Å². The van der Waals surface area contributed by atoms with Crippen molar-refractivity contribution in [3.63, 3.8) is 0 Å². The lowest BCUT2D eigenvalue weighted by Gasteiger charge is -2.35. The highest BCUT2D eigenvalue weighted by atomic mass is 35.5. The van der Waals surface area contributed by atoms with Gasteiger partial charge in [-0.2, -0.15) is 0 Å². The normalized spacial score (nSPS) is 18.4. The van der Waals surface area contributed by atoms with E-state index < -0.39 is 0 Å². The molecule has 2 N–H and O–H groups in total. The summed E-state index contributed by atoms with van der Waals surface area (Å²) in [6, 6.07) is 9.03. The molecular formula is C15H23ClN2. The average molecular weight is 267 g/mol. The van der Waals surface area contributed by atoms with E-state index in [1.54, 1.807) is 0 Å². The van der Waals surface area contributed by atoms with Gasteiger partial charge in [0.25, 0.3) is 0 Å². The molecule has 0 heterocycles. The van der Waals surface area contributed by atoms with Crippen molar-refractivity contribution in [3.8, 4) is 0 Å². The average Bonchev–Trinajstić information content (AvgIpc) is 2.90. The number of halogens is 1. The van der Waals surface area contributed by atoms with Crippen LogP contribution in [0.1, 0.15) is 44.2 Å². The van der Waals surface area contributed by atoms with E-state index in [2.05, 4.69) is 17.9 Å². The molecule has 0 aliphatic heterocycles. The second-order valence-electron chi connectivity index (χ2n) is 5.04. The maximum absolute atomic E-state index is 6.32. The Bertz CT molecular complexity index is 375. The monoisotopic (exact) mass is 266 g/mol. The zero-order valence-corrected chi connectivity index (χ0v) is 11.9. The molecule has 0 amide bonds. The summed E-state index contributed by atoms with van der Waals surface area (Å²) in [5, 5.41) is 0.837. The van der Waals surface area contributed by atoms with Gasteiger partial charge in [-0.15, -0.1) is 0 Å². The highest BCUT2D eigenvalue weighted by Gasteiger charge is 2.28. The van der Waals surface area contributed by atoms with E-state index >= 15 is 0 Å². The van der Waals surface area contributed by atoms with Crippen LogP contribution in [0.2, 0.25) is 5.02 Å². The first-order valence-corrected chi connectivity index (χ1v) is 7.36. The van der Waals surface area contributed by atoms with Gasteiger partial charge in [-0.05, 0) is 31.0 Å². The third kappa shape index (κ3) is 2.87. The first kappa shape index (κ1) is 13.9. The van der Waals surface area contributed by atoms with Crippen molar-refractivity contribution in [1.82, 2.24) is 4.90 Å². The maximum Gasteiger partial charge on any atom is 0.0488 e. The van der Waals surface area contributed by atoms with Crippen LogP contribution < -0.4 is 5.73 Å². The number of likely N-dealkylation sites (N-methyl/N-ethyl adjacent to an activating group) is 1. The molecule has 1 atom stereocenters. The summed E-state index contributed by atoms with van der Waals surface area (Å²) in [6.07, 6.45) is 5.30. The fourth-order valence-corrected chi connectivity index (χ4v) is 3.42. The van der Waals surface area contributed by atoms with Crippen LogP contribution in [0.3, 0.4) is 0 Å². The van der Waals surface area contributed by atoms with Crippen molar-refractivity contribution >= 4 is 11.6 Å². The molecule has 18 heavy (non-hydrogen) atoms. The zero-order chi connectivity index (χ0) is 13.0. The highest BCUT2D eigenvalue weighted by Crippen LogP contribution is 2.33. The van der Waals surface area contributed by atoms with E-state index in [1.165, 1.54) is 31.2 Å². The van der Waals surface area contributed by atoms with Crippen molar-refractivity contribution in [2.45, 2.75) is 44.7 Å². The Labute approximate surface area is 115 Å². The number of nitrogens with zero attached hydrogens (tertiary/aromatic N) is 1. The predicted octanol–water partition coefficient (Wildman–Crippen LogP) is 3.60. The molecule has 2 rings (SSSR count). The minimum Gasteiger partial charge on any atom is -0.329 e. The summed E-state index contributed by atoms with van der Waals surface area (Å²) in [5.74, 6) is 0. The van der Waals surface area contributed by atoms with Crippen molar-refractivity contribution in [3.05, 3.63) is 34.9 Å². The molecule has 0 saturated heterocycles. The first-order chi connectivity index (χ1) is 8.77. The maximum atomic E-state index is 6.32. The fraction of sp³-hybridized carbons (Fsp3) is 0.600. The third-order valence-electron chi connectivity index (χ3n) is 4.05. The van der Waals surface area contributed by atoms with Gasteiger partial charge in [0.1, 0.15) is 0 Å². The second kappa shape index (κ2) is 6.55. The highest BCUT2D eigenvalue weighted by molar-refractivity contribution is 6.31. The Morgan fingerprint density at radius 1 is 1.33 bits per heavy atom. The van der Waals surface area contributed by atoms with Crippen LogP contribution in [0.25, 0.3) is 0 Å². The van der Waals surface area contributed by atoms with Crippen molar-refractivity contribution < 1.29 is 0 Å². The molecule has 1 saturated carbocycles. The summed E-state index contributed by atoms with van der Waals surface area (Å²) in [6.45, 7) is 3.89. The number of rotatable bonds is 5. The molecule has 1 aromatic carbocycles. The Hall–Kier alpha value is -0.570. The van der Waals surface area contributed by atoms with Gasteiger partial charge in [-0.25, -0.2) is 0 Å². The molecule has 0 radical (unpaired) electrons. The minimum absolute atomic E-state index is 0.256. The molecule has 1 aromatic rings. The van der Waals surface area contributed by atoms with E-state index in [0.717, 1.165) is 11.6 Å². The Morgan fingerprint density at radius 2 is 2.00 bits per heavy atom. The number of hydrogen-bond acceptors (Lipinski definition) is 2. The predicted molar refractivity (Wildman–Crippen MR) is 77.9 cm³/mol. The van der Waals surface area contributed by atoms with Crippen LogP contribution in [0, 0.1) is 0 Å². The van der Waals surface area contributed by atoms with Gasteiger partial charge < -0.3 is 5.73 Å². The lowest BCUT2D eigenvalue weighted by atomic mass is 10.0.